The van der Waals surface area contributed by atoms with E-state index >= 15 is 0 Å². The third kappa shape index (κ3) is 6.79. The summed E-state index contributed by atoms with van der Waals surface area (Å²) in [5.74, 6) is 0.691. The Kier molecular flexibility index (Phi) is 6.92. The molecule has 0 aliphatic carbocycles. The van der Waals surface area contributed by atoms with Gasteiger partial charge in [0.05, 0.1) is 26.4 Å². The number of anilines is 1. The smallest absolute Gasteiger partial charge is 0.238 e. The molecular formula is C14H22N2O3. The van der Waals surface area contributed by atoms with Crippen molar-refractivity contribution in [3.8, 4) is 5.75 Å². The monoisotopic (exact) mass is 266 g/mol. The maximum atomic E-state index is 11.6. The highest BCUT2D eigenvalue weighted by Crippen LogP contribution is 2.14. The van der Waals surface area contributed by atoms with Crippen molar-refractivity contribution in [1.82, 2.24) is 5.32 Å². The normalized spacial score (nSPS) is 10.5. The number of carbonyl (C=O) groups excluding carboxylic acids is 1. The van der Waals surface area contributed by atoms with Gasteiger partial charge in [-0.1, -0.05) is 0 Å². The van der Waals surface area contributed by atoms with E-state index in [-0.39, 0.29) is 18.6 Å². The molecule has 19 heavy (non-hydrogen) atoms. The zero-order chi connectivity index (χ0) is 14.1. The predicted molar refractivity (Wildman–Crippen MR) is 75.6 cm³/mol. The van der Waals surface area contributed by atoms with Crippen LogP contribution in [0.2, 0.25) is 0 Å². The number of methoxy groups -OCH3 is 1. The molecule has 0 radical (unpaired) electrons. The number of benzene rings is 1. The van der Waals surface area contributed by atoms with Crippen LogP contribution in [-0.4, -0.2) is 38.8 Å². The van der Waals surface area contributed by atoms with Gasteiger partial charge in [-0.05, 0) is 38.1 Å². The van der Waals surface area contributed by atoms with Gasteiger partial charge >= 0.3 is 0 Å². The summed E-state index contributed by atoms with van der Waals surface area (Å²) >= 11 is 0. The topological polar surface area (TPSA) is 59.6 Å². The summed E-state index contributed by atoms with van der Waals surface area (Å²) in [4.78, 5) is 11.6. The number of ether oxygens (including phenoxy) is 2. The Morgan fingerprint density at radius 1 is 1.26 bits per heavy atom. The van der Waals surface area contributed by atoms with E-state index in [0.717, 1.165) is 11.4 Å². The SMILES string of the molecule is COc1ccc(NC(=O)CNCCOC(C)C)cc1. The van der Waals surface area contributed by atoms with Crippen LogP contribution in [0.25, 0.3) is 0 Å². The molecule has 5 nitrogen and oxygen atoms in total. The number of hydrogen-bond acceptors (Lipinski definition) is 4. The van der Waals surface area contributed by atoms with Crippen molar-refractivity contribution in [2.24, 2.45) is 0 Å². The fraction of sp³-hybridized carbons (Fsp3) is 0.500. The van der Waals surface area contributed by atoms with Crippen LogP contribution in [0.1, 0.15) is 13.8 Å². The Morgan fingerprint density at radius 2 is 1.95 bits per heavy atom. The first-order valence-corrected chi connectivity index (χ1v) is 6.38. The lowest BCUT2D eigenvalue weighted by atomic mass is 10.3. The van der Waals surface area contributed by atoms with Crippen molar-refractivity contribution < 1.29 is 14.3 Å². The fourth-order valence-corrected chi connectivity index (χ4v) is 1.45. The van der Waals surface area contributed by atoms with Gasteiger partial charge in [0, 0.05) is 12.2 Å². The van der Waals surface area contributed by atoms with Crippen LogP contribution in [-0.2, 0) is 9.53 Å². The molecule has 5 heteroatoms. The van der Waals surface area contributed by atoms with E-state index in [0.29, 0.717) is 13.2 Å². The van der Waals surface area contributed by atoms with Crippen LogP contribution in [0.5, 0.6) is 5.75 Å². The lowest BCUT2D eigenvalue weighted by molar-refractivity contribution is -0.115. The molecule has 0 spiro atoms. The molecule has 106 valence electrons. The van der Waals surface area contributed by atoms with E-state index < -0.39 is 0 Å². The first-order valence-electron chi connectivity index (χ1n) is 6.38. The van der Waals surface area contributed by atoms with Crippen LogP contribution in [0.4, 0.5) is 5.69 Å². The summed E-state index contributed by atoms with van der Waals surface area (Å²) in [5, 5.41) is 5.82. The molecular weight excluding hydrogens is 244 g/mol. The van der Waals surface area contributed by atoms with Gasteiger partial charge in [0.15, 0.2) is 0 Å². The van der Waals surface area contributed by atoms with Crippen LogP contribution < -0.4 is 15.4 Å². The van der Waals surface area contributed by atoms with E-state index in [1.807, 2.05) is 13.8 Å². The second-order valence-corrected chi connectivity index (χ2v) is 4.37. The minimum absolute atomic E-state index is 0.0743. The summed E-state index contributed by atoms with van der Waals surface area (Å²) in [6, 6.07) is 7.22. The maximum absolute atomic E-state index is 11.6. The zero-order valence-electron chi connectivity index (χ0n) is 11.7. The van der Waals surface area contributed by atoms with Gasteiger partial charge in [-0.25, -0.2) is 0 Å². The van der Waals surface area contributed by atoms with E-state index in [1.165, 1.54) is 0 Å². The van der Waals surface area contributed by atoms with Gasteiger partial charge < -0.3 is 20.1 Å². The summed E-state index contributed by atoms with van der Waals surface area (Å²) in [6.45, 7) is 5.50. The zero-order valence-corrected chi connectivity index (χ0v) is 11.7. The van der Waals surface area contributed by atoms with Crippen molar-refractivity contribution in [3.63, 3.8) is 0 Å². The van der Waals surface area contributed by atoms with Crippen LogP contribution in [0.15, 0.2) is 24.3 Å². The van der Waals surface area contributed by atoms with Gasteiger partial charge in [-0.2, -0.15) is 0 Å². The average molecular weight is 266 g/mol. The Balaban J connectivity index is 2.19. The first-order chi connectivity index (χ1) is 9.11. The van der Waals surface area contributed by atoms with Gasteiger partial charge in [0.1, 0.15) is 5.75 Å². The van der Waals surface area contributed by atoms with Crippen molar-refractivity contribution in [3.05, 3.63) is 24.3 Å². The van der Waals surface area contributed by atoms with E-state index in [1.54, 1.807) is 31.4 Å². The minimum atomic E-state index is -0.0743. The number of amides is 1. The largest absolute Gasteiger partial charge is 0.497 e. The molecule has 1 amide bonds. The van der Waals surface area contributed by atoms with Gasteiger partial charge in [-0.3, -0.25) is 4.79 Å². The average Bonchev–Trinajstić information content (AvgIpc) is 2.39. The Bertz CT molecular complexity index is 377. The molecule has 0 bridgehead atoms. The highest BCUT2D eigenvalue weighted by atomic mass is 16.5. The third-order valence-electron chi connectivity index (χ3n) is 2.39. The summed E-state index contributed by atoms with van der Waals surface area (Å²) in [7, 11) is 1.61. The molecule has 2 N–H and O–H groups in total. The van der Waals surface area contributed by atoms with Crippen LogP contribution in [0.3, 0.4) is 0 Å². The molecule has 0 heterocycles. The lowest BCUT2D eigenvalue weighted by Gasteiger charge is -2.09. The molecule has 1 rings (SSSR count). The molecule has 0 aliphatic heterocycles. The molecule has 0 aliphatic rings. The molecule has 0 saturated heterocycles. The molecule has 1 aromatic carbocycles. The second kappa shape index (κ2) is 8.50. The summed E-state index contributed by atoms with van der Waals surface area (Å²) < 4.78 is 10.4. The number of nitrogens with one attached hydrogen (secondary N) is 2. The highest BCUT2D eigenvalue weighted by molar-refractivity contribution is 5.92. The van der Waals surface area contributed by atoms with Crippen molar-refractivity contribution in [2.45, 2.75) is 20.0 Å². The molecule has 0 unspecified atom stereocenters. The first kappa shape index (κ1) is 15.5. The number of carbonyl (C=O) groups is 1. The van der Waals surface area contributed by atoms with Gasteiger partial charge in [0.2, 0.25) is 5.91 Å². The third-order valence-corrected chi connectivity index (χ3v) is 2.39. The van der Waals surface area contributed by atoms with Crippen molar-refractivity contribution >= 4 is 11.6 Å². The van der Waals surface area contributed by atoms with E-state index in [9.17, 15) is 4.79 Å². The standard InChI is InChI=1S/C14H22N2O3/c1-11(2)19-9-8-15-10-14(17)16-12-4-6-13(18-3)7-5-12/h4-7,11,15H,8-10H2,1-3H3,(H,16,17). The molecule has 0 atom stereocenters. The van der Waals surface area contributed by atoms with Gasteiger partial charge in [-0.15, -0.1) is 0 Å². The molecule has 0 fully saturated rings. The molecule has 0 aromatic heterocycles. The highest BCUT2D eigenvalue weighted by Gasteiger charge is 2.02. The second-order valence-electron chi connectivity index (χ2n) is 4.37. The summed E-state index contributed by atoms with van der Waals surface area (Å²) in [5.41, 5.74) is 0.756. The number of hydrogen-bond donors (Lipinski definition) is 2. The minimum Gasteiger partial charge on any atom is -0.497 e. The van der Waals surface area contributed by atoms with Crippen molar-refractivity contribution in [1.29, 1.82) is 0 Å². The fourth-order valence-electron chi connectivity index (χ4n) is 1.45. The Morgan fingerprint density at radius 3 is 2.53 bits per heavy atom. The van der Waals surface area contributed by atoms with E-state index in [4.69, 9.17) is 9.47 Å². The quantitative estimate of drug-likeness (QED) is 0.702. The van der Waals surface area contributed by atoms with Crippen LogP contribution in [0, 0.1) is 0 Å². The van der Waals surface area contributed by atoms with Crippen molar-refractivity contribution in [2.75, 3.05) is 32.1 Å². The molecule has 1 aromatic rings. The predicted octanol–water partition coefficient (Wildman–Crippen LogP) is 1.65. The Hall–Kier alpha value is -1.59. The molecule has 0 saturated carbocycles. The maximum Gasteiger partial charge on any atom is 0.238 e. The number of rotatable bonds is 8. The van der Waals surface area contributed by atoms with E-state index in [2.05, 4.69) is 10.6 Å². The Labute approximate surface area is 114 Å². The lowest BCUT2D eigenvalue weighted by Crippen LogP contribution is -2.30. The summed E-state index contributed by atoms with van der Waals surface area (Å²) in [6.07, 6.45) is 0.218. The van der Waals surface area contributed by atoms with Crippen LogP contribution >= 0.6 is 0 Å². The van der Waals surface area contributed by atoms with Gasteiger partial charge in [0.25, 0.3) is 0 Å².